The molecule has 0 saturated heterocycles. The molecule has 0 rings (SSSR count). The highest BCUT2D eigenvalue weighted by Gasteiger charge is 1.83. The topological polar surface area (TPSA) is 20.2 Å². The molecule has 11 heavy (non-hydrogen) atoms. The van der Waals surface area contributed by atoms with Crippen molar-refractivity contribution in [1.82, 2.24) is 0 Å². The van der Waals surface area contributed by atoms with Crippen molar-refractivity contribution in [2.75, 3.05) is 0 Å². The largest absolute Gasteiger partial charge is 0.389 e. The third-order valence-electron chi connectivity index (χ3n) is 1.30. The molecule has 0 bridgehead atoms. The summed E-state index contributed by atoms with van der Waals surface area (Å²) in [6.45, 7) is 5.95. The van der Waals surface area contributed by atoms with Crippen molar-refractivity contribution in [3.8, 4) is 0 Å². The number of unbranched alkanes of at least 4 members (excludes halogenated alkanes) is 1. The van der Waals surface area contributed by atoms with Crippen molar-refractivity contribution < 1.29 is 5.11 Å². The molecule has 1 heteroatoms. The van der Waals surface area contributed by atoms with Crippen LogP contribution in [0.1, 0.15) is 33.6 Å². The number of aliphatic hydroxyl groups is 1. The van der Waals surface area contributed by atoms with Gasteiger partial charge >= 0.3 is 0 Å². The first-order valence-corrected chi connectivity index (χ1v) is 4.11. The number of hydrogen-bond donors (Lipinski definition) is 1. The van der Waals surface area contributed by atoms with Gasteiger partial charge in [-0.05, 0) is 33.6 Å². The van der Waals surface area contributed by atoms with Crippen LogP contribution in [0.15, 0.2) is 23.8 Å². The van der Waals surface area contributed by atoms with Gasteiger partial charge in [0.15, 0.2) is 0 Å². The quantitative estimate of drug-likeness (QED) is 0.487. The van der Waals surface area contributed by atoms with Gasteiger partial charge in [0.05, 0.1) is 6.10 Å². The predicted molar refractivity (Wildman–Crippen MR) is 49.5 cm³/mol. The summed E-state index contributed by atoms with van der Waals surface area (Å²) in [7, 11) is 0. The van der Waals surface area contributed by atoms with Gasteiger partial charge < -0.3 is 5.11 Å². The maximum Gasteiger partial charge on any atom is 0.0692 e. The van der Waals surface area contributed by atoms with Crippen molar-refractivity contribution in [3.05, 3.63) is 23.8 Å². The average Bonchev–Trinajstić information content (AvgIpc) is 1.85. The molecular weight excluding hydrogens is 136 g/mol. The highest BCUT2D eigenvalue weighted by molar-refractivity contribution is 4.95. The maximum absolute atomic E-state index is 8.86. The molecule has 0 radical (unpaired) electrons. The second-order valence-electron chi connectivity index (χ2n) is 3.03. The van der Waals surface area contributed by atoms with Gasteiger partial charge in [0.2, 0.25) is 0 Å². The van der Waals surface area contributed by atoms with Crippen molar-refractivity contribution in [2.45, 2.75) is 39.7 Å². The maximum atomic E-state index is 8.86. The molecule has 0 aliphatic rings. The van der Waals surface area contributed by atoms with E-state index >= 15 is 0 Å². The van der Waals surface area contributed by atoms with Crippen LogP contribution in [0.25, 0.3) is 0 Å². The van der Waals surface area contributed by atoms with Gasteiger partial charge in [0.1, 0.15) is 0 Å². The summed E-state index contributed by atoms with van der Waals surface area (Å²) in [4.78, 5) is 0. The van der Waals surface area contributed by atoms with Gasteiger partial charge in [-0.3, -0.25) is 0 Å². The lowest BCUT2D eigenvalue weighted by molar-refractivity contribution is 0.244. The van der Waals surface area contributed by atoms with E-state index in [2.05, 4.69) is 19.9 Å². The molecule has 1 nitrogen and oxygen atoms in total. The highest BCUT2D eigenvalue weighted by atomic mass is 16.3. The molecule has 0 aromatic rings. The molecule has 1 N–H and O–H groups in total. The molecule has 0 aliphatic carbocycles. The third kappa shape index (κ3) is 9.44. The highest BCUT2D eigenvalue weighted by Crippen LogP contribution is 1.98. The molecule has 0 aliphatic heterocycles. The minimum absolute atomic E-state index is 0.304. The van der Waals surface area contributed by atoms with E-state index in [-0.39, 0.29) is 6.10 Å². The number of aliphatic hydroxyl groups excluding tert-OH is 1. The van der Waals surface area contributed by atoms with Gasteiger partial charge in [0, 0.05) is 0 Å². The van der Waals surface area contributed by atoms with Crippen LogP contribution in [0, 0.1) is 0 Å². The Morgan fingerprint density at radius 2 is 2.00 bits per heavy atom. The van der Waals surface area contributed by atoms with Gasteiger partial charge in [-0.25, -0.2) is 0 Å². The Bertz CT molecular complexity index is 139. The van der Waals surface area contributed by atoms with Crippen molar-refractivity contribution in [3.63, 3.8) is 0 Å². The fraction of sp³-hybridized carbons (Fsp3) is 0.600. The normalized spacial score (nSPS) is 13.5. The van der Waals surface area contributed by atoms with Gasteiger partial charge in [0.25, 0.3) is 0 Å². The first-order chi connectivity index (χ1) is 5.13. The fourth-order valence-electron chi connectivity index (χ4n) is 0.761. The van der Waals surface area contributed by atoms with Crippen molar-refractivity contribution in [1.29, 1.82) is 0 Å². The Morgan fingerprint density at radius 1 is 1.36 bits per heavy atom. The Balaban J connectivity index is 3.35. The first kappa shape index (κ1) is 10.4. The van der Waals surface area contributed by atoms with E-state index < -0.39 is 0 Å². The van der Waals surface area contributed by atoms with Gasteiger partial charge in [-0.2, -0.15) is 0 Å². The molecule has 0 heterocycles. The Kier molecular flexibility index (Phi) is 5.86. The monoisotopic (exact) mass is 154 g/mol. The van der Waals surface area contributed by atoms with Crippen LogP contribution < -0.4 is 0 Å². The van der Waals surface area contributed by atoms with Crippen LogP contribution in [0.2, 0.25) is 0 Å². The first-order valence-electron chi connectivity index (χ1n) is 4.11. The summed E-state index contributed by atoms with van der Waals surface area (Å²) >= 11 is 0. The van der Waals surface area contributed by atoms with E-state index in [1.807, 2.05) is 12.2 Å². The zero-order chi connectivity index (χ0) is 8.69. The van der Waals surface area contributed by atoms with E-state index in [1.165, 1.54) is 5.57 Å². The summed E-state index contributed by atoms with van der Waals surface area (Å²) in [6.07, 6.45) is 7.83. The van der Waals surface area contributed by atoms with Gasteiger partial charge in [-0.15, -0.1) is 0 Å². The summed E-state index contributed by atoms with van der Waals surface area (Å²) < 4.78 is 0. The summed E-state index contributed by atoms with van der Waals surface area (Å²) in [5, 5.41) is 8.86. The Hall–Kier alpha value is -0.560. The number of hydrogen-bond acceptors (Lipinski definition) is 1. The zero-order valence-corrected chi connectivity index (χ0v) is 7.67. The van der Waals surface area contributed by atoms with Crippen LogP contribution in [0.3, 0.4) is 0 Å². The molecule has 0 amide bonds. The number of rotatable bonds is 4. The van der Waals surface area contributed by atoms with Crippen LogP contribution in [-0.2, 0) is 0 Å². The zero-order valence-electron chi connectivity index (χ0n) is 7.67. The molecule has 0 fully saturated rings. The molecule has 0 aromatic carbocycles. The summed E-state index contributed by atoms with van der Waals surface area (Å²) in [5.41, 5.74) is 1.36. The molecule has 1 atom stereocenters. The van der Waals surface area contributed by atoms with Crippen LogP contribution >= 0.6 is 0 Å². The second-order valence-corrected chi connectivity index (χ2v) is 3.03. The lowest BCUT2D eigenvalue weighted by Gasteiger charge is -1.92. The van der Waals surface area contributed by atoms with E-state index in [0.717, 1.165) is 12.8 Å². The van der Waals surface area contributed by atoms with E-state index in [4.69, 9.17) is 5.11 Å². The number of allylic oxidation sites excluding steroid dienone is 3. The summed E-state index contributed by atoms with van der Waals surface area (Å²) in [5.74, 6) is 0. The smallest absolute Gasteiger partial charge is 0.0692 e. The fourth-order valence-corrected chi connectivity index (χ4v) is 0.761. The molecule has 0 aromatic heterocycles. The van der Waals surface area contributed by atoms with E-state index in [1.54, 1.807) is 6.92 Å². The van der Waals surface area contributed by atoms with Crippen LogP contribution in [0.4, 0.5) is 0 Å². The molecular formula is C10H18O. The van der Waals surface area contributed by atoms with E-state index in [0.29, 0.717) is 0 Å². The standard InChI is InChI=1S/C10H18O/c1-9(2)7-5-4-6-8-10(3)11/h6-8,10-11H,4-5H2,1-3H3/b8-6+. The average molecular weight is 154 g/mol. The SMILES string of the molecule is CC(C)=CCC/C=C/C(C)O. The van der Waals surface area contributed by atoms with Crippen LogP contribution in [0.5, 0.6) is 0 Å². The molecule has 0 spiro atoms. The summed E-state index contributed by atoms with van der Waals surface area (Å²) in [6, 6.07) is 0. The Labute approximate surface area is 69.4 Å². The lowest BCUT2D eigenvalue weighted by atomic mass is 10.2. The minimum atomic E-state index is -0.304. The molecule has 1 unspecified atom stereocenters. The second kappa shape index (κ2) is 6.17. The molecule has 64 valence electrons. The predicted octanol–water partition coefficient (Wildman–Crippen LogP) is 2.67. The van der Waals surface area contributed by atoms with Gasteiger partial charge in [-0.1, -0.05) is 23.8 Å². The van der Waals surface area contributed by atoms with Crippen LogP contribution in [-0.4, -0.2) is 11.2 Å². The molecule has 0 saturated carbocycles. The van der Waals surface area contributed by atoms with Crippen molar-refractivity contribution >= 4 is 0 Å². The lowest BCUT2D eigenvalue weighted by Crippen LogP contribution is -1.90. The van der Waals surface area contributed by atoms with E-state index in [9.17, 15) is 0 Å². The minimum Gasteiger partial charge on any atom is -0.389 e. The third-order valence-corrected chi connectivity index (χ3v) is 1.30. The Morgan fingerprint density at radius 3 is 2.45 bits per heavy atom. The van der Waals surface area contributed by atoms with Crippen molar-refractivity contribution in [2.24, 2.45) is 0 Å².